The molecule has 10 heteroatoms. The predicted molar refractivity (Wildman–Crippen MR) is 275 cm³/mol. The number of nitrogens with two attached hydrogens (primary N) is 1. The molecular formula is C55H94NO8P. The van der Waals surface area contributed by atoms with Gasteiger partial charge in [0.2, 0.25) is 0 Å². The van der Waals surface area contributed by atoms with Crippen molar-refractivity contribution >= 4 is 19.8 Å². The number of phosphoric ester groups is 1. The van der Waals surface area contributed by atoms with Gasteiger partial charge in [-0.1, -0.05) is 201 Å². The van der Waals surface area contributed by atoms with Crippen molar-refractivity contribution in [3.63, 3.8) is 0 Å². The number of carbonyl (C=O) groups excluding carboxylic acids is 2. The first-order chi connectivity index (χ1) is 31.8. The van der Waals surface area contributed by atoms with Gasteiger partial charge < -0.3 is 20.1 Å². The standard InChI is InChI=1S/C55H94NO8P/c1-3-5-7-9-11-13-15-17-19-21-22-23-24-25-26-27-28-29-30-32-34-36-38-40-42-44-46-48-55(58)64-53(52-63-65(59,60)62-50-49-56)51-61-54(57)47-45-43-41-39-37-35-33-31-20-18-16-14-12-10-8-6-4-2/h5-8,11-14,17-20,22-23,25-26,53H,3-4,9-10,15-16,21,24,27-52,56H2,1-2H3,(H,59,60)/b7-5-,8-6-,13-11-,14-12-,19-17-,20-18-,23-22-,26-25-. The van der Waals surface area contributed by atoms with E-state index in [1.165, 1.54) is 64.2 Å². The summed E-state index contributed by atoms with van der Waals surface area (Å²) in [6.45, 7) is 3.50. The van der Waals surface area contributed by atoms with Crippen molar-refractivity contribution in [2.24, 2.45) is 5.73 Å². The number of ether oxygens (including phenoxy) is 2. The summed E-state index contributed by atoms with van der Waals surface area (Å²) < 4.78 is 32.9. The molecule has 0 saturated carbocycles. The molecule has 0 fully saturated rings. The van der Waals surface area contributed by atoms with E-state index in [1.807, 2.05) is 0 Å². The van der Waals surface area contributed by atoms with Crippen molar-refractivity contribution in [2.75, 3.05) is 26.4 Å². The summed E-state index contributed by atoms with van der Waals surface area (Å²) in [5.41, 5.74) is 5.37. The second-order valence-corrected chi connectivity index (χ2v) is 18.1. The molecule has 9 nitrogen and oxygen atoms in total. The Hall–Kier alpha value is -3.07. The average molecular weight is 928 g/mol. The molecule has 0 aliphatic carbocycles. The Morgan fingerprint density at radius 1 is 0.462 bits per heavy atom. The third-order valence-corrected chi connectivity index (χ3v) is 11.4. The van der Waals surface area contributed by atoms with Crippen LogP contribution in [-0.2, 0) is 32.7 Å². The monoisotopic (exact) mass is 928 g/mol. The quantitative estimate of drug-likeness (QED) is 0.0265. The molecule has 2 unspecified atom stereocenters. The molecule has 65 heavy (non-hydrogen) atoms. The van der Waals surface area contributed by atoms with Gasteiger partial charge in [0.15, 0.2) is 6.10 Å². The lowest BCUT2D eigenvalue weighted by atomic mass is 10.0. The Labute approximate surface area is 397 Å². The van der Waals surface area contributed by atoms with Gasteiger partial charge in [-0.05, 0) is 89.9 Å². The topological polar surface area (TPSA) is 134 Å². The van der Waals surface area contributed by atoms with Crippen LogP contribution in [0.2, 0.25) is 0 Å². The molecule has 0 saturated heterocycles. The molecule has 0 aromatic rings. The first-order valence-electron chi connectivity index (χ1n) is 25.7. The highest BCUT2D eigenvalue weighted by Crippen LogP contribution is 2.43. The summed E-state index contributed by atoms with van der Waals surface area (Å²) in [7, 11) is -4.39. The van der Waals surface area contributed by atoms with E-state index in [9.17, 15) is 19.0 Å². The molecule has 0 spiro atoms. The maximum absolute atomic E-state index is 12.7. The fourth-order valence-corrected chi connectivity index (χ4v) is 7.50. The van der Waals surface area contributed by atoms with Gasteiger partial charge in [0, 0.05) is 19.4 Å². The van der Waals surface area contributed by atoms with Crippen LogP contribution in [0.5, 0.6) is 0 Å². The molecule has 0 aliphatic rings. The van der Waals surface area contributed by atoms with Gasteiger partial charge in [0.1, 0.15) is 6.61 Å². The molecule has 0 rings (SSSR count). The summed E-state index contributed by atoms with van der Waals surface area (Å²) in [6, 6.07) is 0. The summed E-state index contributed by atoms with van der Waals surface area (Å²) in [6.07, 6.45) is 65.9. The molecule has 372 valence electrons. The lowest BCUT2D eigenvalue weighted by Crippen LogP contribution is -2.29. The number of hydrogen-bond donors (Lipinski definition) is 2. The summed E-state index contributed by atoms with van der Waals surface area (Å²) in [5.74, 6) is -0.847. The van der Waals surface area contributed by atoms with Gasteiger partial charge in [-0.15, -0.1) is 0 Å². The van der Waals surface area contributed by atoms with Crippen LogP contribution in [0.3, 0.4) is 0 Å². The number of esters is 2. The predicted octanol–water partition coefficient (Wildman–Crippen LogP) is 15.7. The van der Waals surface area contributed by atoms with Crippen LogP contribution in [-0.4, -0.2) is 49.3 Å². The van der Waals surface area contributed by atoms with Crippen molar-refractivity contribution in [3.05, 3.63) is 97.2 Å². The Kier molecular flexibility index (Phi) is 48.0. The van der Waals surface area contributed by atoms with E-state index in [4.69, 9.17) is 24.3 Å². The third kappa shape index (κ3) is 50.2. The highest BCUT2D eigenvalue weighted by atomic mass is 31.2. The van der Waals surface area contributed by atoms with E-state index in [0.29, 0.717) is 6.42 Å². The fraction of sp³-hybridized carbons (Fsp3) is 0.673. The molecule has 3 N–H and O–H groups in total. The molecule has 0 aliphatic heterocycles. The van der Waals surface area contributed by atoms with E-state index < -0.39 is 32.5 Å². The normalized spacial score (nSPS) is 14.0. The Morgan fingerprint density at radius 3 is 1.18 bits per heavy atom. The fourth-order valence-electron chi connectivity index (χ4n) is 6.73. The van der Waals surface area contributed by atoms with Gasteiger partial charge in [-0.25, -0.2) is 4.57 Å². The van der Waals surface area contributed by atoms with Gasteiger partial charge in [0.05, 0.1) is 13.2 Å². The van der Waals surface area contributed by atoms with E-state index in [1.54, 1.807) is 0 Å². The second-order valence-electron chi connectivity index (χ2n) is 16.6. The number of rotatable bonds is 47. The minimum Gasteiger partial charge on any atom is -0.462 e. The van der Waals surface area contributed by atoms with Crippen LogP contribution in [0.1, 0.15) is 206 Å². The van der Waals surface area contributed by atoms with Crippen molar-refractivity contribution in [1.82, 2.24) is 0 Å². The largest absolute Gasteiger partial charge is 0.472 e. The van der Waals surface area contributed by atoms with Crippen LogP contribution in [0.15, 0.2) is 97.2 Å². The van der Waals surface area contributed by atoms with Gasteiger partial charge in [0.25, 0.3) is 0 Å². The first kappa shape index (κ1) is 61.9. The van der Waals surface area contributed by atoms with E-state index in [2.05, 4.69) is 111 Å². The lowest BCUT2D eigenvalue weighted by molar-refractivity contribution is -0.161. The van der Waals surface area contributed by atoms with Crippen LogP contribution in [0, 0.1) is 0 Å². The average Bonchev–Trinajstić information content (AvgIpc) is 3.30. The molecule has 0 amide bonds. The van der Waals surface area contributed by atoms with Crippen molar-refractivity contribution in [1.29, 1.82) is 0 Å². The zero-order chi connectivity index (χ0) is 47.4. The minimum absolute atomic E-state index is 0.0468. The Bertz CT molecular complexity index is 1380. The maximum Gasteiger partial charge on any atom is 0.472 e. The highest BCUT2D eigenvalue weighted by molar-refractivity contribution is 7.47. The van der Waals surface area contributed by atoms with Crippen LogP contribution in [0.25, 0.3) is 0 Å². The van der Waals surface area contributed by atoms with Crippen LogP contribution >= 0.6 is 7.82 Å². The van der Waals surface area contributed by atoms with Crippen LogP contribution < -0.4 is 5.73 Å². The van der Waals surface area contributed by atoms with E-state index in [0.717, 1.165) is 109 Å². The third-order valence-electron chi connectivity index (χ3n) is 10.5. The van der Waals surface area contributed by atoms with Crippen molar-refractivity contribution < 1.29 is 37.6 Å². The van der Waals surface area contributed by atoms with Crippen molar-refractivity contribution in [2.45, 2.75) is 213 Å². The van der Waals surface area contributed by atoms with E-state index in [-0.39, 0.29) is 32.6 Å². The molecular weight excluding hydrogens is 834 g/mol. The second kappa shape index (κ2) is 50.3. The SMILES string of the molecule is CC/C=C\C/C=C\C/C=C\C/C=C\C/C=C\CCCCCCCCCCCCCC(=O)OC(COC(=O)CCCCCCCCC/C=C\C/C=C\C/C=C\CC)COP(=O)(O)OCCN. The Morgan fingerprint density at radius 2 is 0.800 bits per heavy atom. The first-order valence-corrected chi connectivity index (χ1v) is 27.2. The van der Waals surface area contributed by atoms with Crippen LogP contribution in [0.4, 0.5) is 0 Å². The number of carbonyl (C=O) groups is 2. The lowest BCUT2D eigenvalue weighted by Gasteiger charge is -2.19. The maximum atomic E-state index is 12.7. The van der Waals surface area contributed by atoms with Gasteiger partial charge in [-0.2, -0.15) is 0 Å². The molecule has 0 aromatic heterocycles. The Balaban J connectivity index is 4.05. The highest BCUT2D eigenvalue weighted by Gasteiger charge is 2.26. The van der Waals surface area contributed by atoms with E-state index >= 15 is 0 Å². The zero-order valence-electron chi connectivity index (χ0n) is 41.2. The number of unbranched alkanes of at least 4 members (excludes halogenated alkanes) is 18. The molecule has 0 radical (unpaired) electrons. The minimum atomic E-state index is -4.39. The number of phosphoric acid groups is 1. The number of hydrogen-bond acceptors (Lipinski definition) is 8. The summed E-state index contributed by atoms with van der Waals surface area (Å²) >= 11 is 0. The molecule has 0 bridgehead atoms. The zero-order valence-corrected chi connectivity index (χ0v) is 42.1. The van der Waals surface area contributed by atoms with Gasteiger partial charge in [-0.3, -0.25) is 18.6 Å². The number of allylic oxidation sites excluding steroid dienone is 16. The molecule has 0 aromatic carbocycles. The molecule has 2 atom stereocenters. The van der Waals surface area contributed by atoms with Gasteiger partial charge >= 0.3 is 19.8 Å². The summed E-state index contributed by atoms with van der Waals surface area (Å²) in [4.78, 5) is 35.1. The molecule has 0 heterocycles. The summed E-state index contributed by atoms with van der Waals surface area (Å²) in [5, 5.41) is 0. The van der Waals surface area contributed by atoms with Crippen molar-refractivity contribution in [3.8, 4) is 0 Å². The smallest absolute Gasteiger partial charge is 0.462 e.